The molecule has 0 radical (unpaired) electrons. The molecule has 1 amide bonds. The van der Waals surface area contributed by atoms with Gasteiger partial charge < -0.3 is 19.3 Å². The van der Waals surface area contributed by atoms with E-state index in [1.807, 2.05) is 42.8 Å². The van der Waals surface area contributed by atoms with Gasteiger partial charge in [0.15, 0.2) is 0 Å². The first-order valence-electron chi connectivity index (χ1n) is 11.8. The number of rotatable bonds is 8. The number of carbonyl (C=O) groups is 2. The third kappa shape index (κ3) is 4.52. The summed E-state index contributed by atoms with van der Waals surface area (Å²) in [6.45, 7) is 1.85. The molecule has 180 valence electrons. The minimum Gasteiger partial charge on any atom is -0.497 e. The predicted octanol–water partition coefficient (Wildman–Crippen LogP) is 4.77. The standard InChI is InChI=1S/C27H31FN2O4/c1-4-23(27(32)33)30-24-11-9-18(28)15-21(24)22-16-19(10-12-25(22)30)29(2)26(31)13-8-17-6-5-7-20(14-17)34-3/h5-7,9,11,14-15,19,23H,4,8,10,12-13,16H2,1-3H3,(H,32,33). The summed E-state index contributed by atoms with van der Waals surface area (Å²) in [6, 6.07) is 11.6. The lowest BCUT2D eigenvalue weighted by Crippen LogP contribution is -2.41. The first kappa shape index (κ1) is 23.8. The maximum absolute atomic E-state index is 14.2. The lowest BCUT2D eigenvalue weighted by Gasteiger charge is -2.32. The molecule has 34 heavy (non-hydrogen) atoms. The van der Waals surface area contributed by atoms with E-state index in [1.165, 1.54) is 12.1 Å². The number of carboxylic acid groups (broad SMARTS) is 1. The lowest BCUT2D eigenvalue weighted by atomic mass is 9.90. The van der Waals surface area contributed by atoms with Gasteiger partial charge in [0, 0.05) is 36.1 Å². The first-order chi connectivity index (χ1) is 16.3. The van der Waals surface area contributed by atoms with Crippen molar-refractivity contribution in [2.45, 2.75) is 57.5 Å². The smallest absolute Gasteiger partial charge is 0.326 e. The summed E-state index contributed by atoms with van der Waals surface area (Å²) in [5.74, 6) is -0.407. The molecule has 1 heterocycles. The van der Waals surface area contributed by atoms with Gasteiger partial charge >= 0.3 is 5.97 Å². The number of hydrogen-bond acceptors (Lipinski definition) is 3. The van der Waals surface area contributed by atoms with Gasteiger partial charge in [-0.05, 0) is 73.6 Å². The van der Waals surface area contributed by atoms with Crippen LogP contribution in [-0.2, 0) is 28.9 Å². The van der Waals surface area contributed by atoms with Crippen molar-refractivity contribution in [2.75, 3.05) is 14.2 Å². The number of likely N-dealkylation sites (N-methyl/N-ethyl adjacent to an activating group) is 1. The molecular weight excluding hydrogens is 435 g/mol. The summed E-state index contributed by atoms with van der Waals surface area (Å²) in [7, 11) is 3.45. The average molecular weight is 467 g/mol. The van der Waals surface area contributed by atoms with Crippen LogP contribution in [0.1, 0.15) is 49.0 Å². The van der Waals surface area contributed by atoms with Gasteiger partial charge in [-0.3, -0.25) is 4.79 Å². The maximum atomic E-state index is 14.2. The molecule has 0 bridgehead atoms. The topological polar surface area (TPSA) is 71.8 Å². The number of fused-ring (bicyclic) bond motifs is 3. The predicted molar refractivity (Wildman–Crippen MR) is 129 cm³/mol. The number of nitrogens with zero attached hydrogens (tertiary/aromatic N) is 2. The Labute approximate surface area is 198 Å². The van der Waals surface area contributed by atoms with Crippen LogP contribution in [0, 0.1) is 5.82 Å². The van der Waals surface area contributed by atoms with Crippen LogP contribution in [0.4, 0.5) is 4.39 Å². The van der Waals surface area contributed by atoms with Crippen LogP contribution in [0.2, 0.25) is 0 Å². The van der Waals surface area contributed by atoms with Crippen LogP contribution in [0.15, 0.2) is 42.5 Å². The minimum absolute atomic E-state index is 0.0162. The quantitative estimate of drug-likeness (QED) is 0.519. The van der Waals surface area contributed by atoms with Crippen molar-refractivity contribution in [3.63, 3.8) is 0 Å². The van der Waals surface area contributed by atoms with Gasteiger partial charge in [0.2, 0.25) is 5.91 Å². The third-order valence-corrected chi connectivity index (χ3v) is 7.02. The van der Waals surface area contributed by atoms with E-state index in [0.29, 0.717) is 32.1 Å². The van der Waals surface area contributed by atoms with Crippen LogP contribution in [0.25, 0.3) is 10.9 Å². The second kappa shape index (κ2) is 9.87. The number of carbonyl (C=O) groups excluding carboxylic acids is 1. The van der Waals surface area contributed by atoms with E-state index in [0.717, 1.165) is 39.9 Å². The van der Waals surface area contributed by atoms with Gasteiger partial charge in [-0.2, -0.15) is 0 Å². The molecule has 6 nitrogen and oxygen atoms in total. The Morgan fingerprint density at radius 2 is 2.06 bits per heavy atom. The van der Waals surface area contributed by atoms with E-state index < -0.39 is 12.0 Å². The van der Waals surface area contributed by atoms with E-state index in [-0.39, 0.29) is 17.8 Å². The molecule has 0 saturated heterocycles. The second-order valence-electron chi connectivity index (χ2n) is 8.97. The highest BCUT2D eigenvalue weighted by atomic mass is 19.1. The van der Waals surface area contributed by atoms with Crippen molar-refractivity contribution in [1.82, 2.24) is 9.47 Å². The van der Waals surface area contributed by atoms with Gasteiger partial charge in [-0.25, -0.2) is 9.18 Å². The molecule has 1 aromatic heterocycles. The number of aliphatic carboxylic acids is 1. The SMILES string of the molecule is CCC(C(=O)O)n1c2c(c3cc(F)ccc31)CC(N(C)C(=O)CCc1cccc(OC)c1)CC2. The summed E-state index contributed by atoms with van der Waals surface area (Å²) in [6.07, 6.45) is 3.42. The first-order valence-corrected chi connectivity index (χ1v) is 11.8. The fraction of sp³-hybridized carbons (Fsp3) is 0.407. The second-order valence-corrected chi connectivity index (χ2v) is 8.97. The molecule has 0 fully saturated rings. The number of methoxy groups -OCH3 is 1. The molecule has 1 aliphatic rings. The molecule has 0 saturated carbocycles. The van der Waals surface area contributed by atoms with Crippen molar-refractivity contribution in [2.24, 2.45) is 0 Å². The van der Waals surface area contributed by atoms with Gasteiger partial charge in [-0.1, -0.05) is 19.1 Å². The highest BCUT2D eigenvalue weighted by Gasteiger charge is 2.32. The molecule has 0 aliphatic heterocycles. The Hall–Kier alpha value is -3.35. The summed E-state index contributed by atoms with van der Waals surface area (Å²) in [4.78, 5) is 26.8. The molecule has 0 spiro atoms. The van der Waals surface area contributed by atoms with Gasteiger partial charge in [-0.15, -0.1) is 0 Å². The Balaban J connectivity index is 1.56. The van der Waals surface area contributed by atoms with Crippen LogP contribution in [0.5, 0.6) is 5.75 Å². The largest absolute Gasteiger partial charge is 0.497 e. The minimum atomic E-state index is -0.890. The van der Waals surface area contributed by atoms with E-state index in [4.69, 9.17) is 4.74 Å². The van der Waals surface area contributed by atoms with Crippen molar-refractivity contribution < 1.29 is 23.8 Å². The number of benzene rings is 2. The Morgan fingerprint density at radius 1 is 1.26 bits per heavy atom. The number of carboxylic acids is 1. The summed E-state index contributed by atoms with van der Waals surface area (Å²) in [5.41, 5.74) is 3.69. The Kier molecular flexibility index (Phi) is 6.91. The maximum Gasteiger partial charge on any atom is 0.326 e. The zero-order valence-corrected chi connectivity index (χ0v) is 19.9. The van der Waals surface area contributed by atoms with Crippen molar-refractivity contribution >= 4 is 22.8 Å². The van der Waals surface area contributed by atoms with Crippen LogP contribution >= 0.6 is 0 Å². The zero-order valence-electron chi connectivity index (χ0n) is 19.9. The lowest BCUT2D eigenvalue weighted by molar-refractivity contribution is -0.141. The van der Waals surface area contributed by atoms with Crippen LogP contribution in [0.3, 0.4) is 0 Å². The third-order valence-electron chi connectivity index (χ3n) is 7.02. The molecule has 4 rings (SSSR count). The molecule has 1 N–H and O–H groups in total. The van der Waals surface area contributed by atoms with Crippen molar-refractivity contribution in [3.05, 3.63) is 65.1 Å². The van der Waals surface area contributed by atoms with Gasteiger partial charge in [0.1, 0.15) is 17.6 Å². The van der Waals surface area contributed by atoms with E-state index >= 15 is 0 Å². The fourth-order valence-electron chi connectivity index (χ4n) is 5.16. The Bertz CT molecular complexity index is 1220. The van der Waals surface area contributed by atoms with Crippen LogP contribution < -0.4 is 4.74 Å². The molecule has 1 aliphatic carbocycles. The number of halogens is 1. The molecule has 3 aromatic rings. The fourth-order valence-corrected chi connectivity index (χ4v) is 5.16. The zero-order chi connectivity index (χ0) is 24.4. The molecular formula is C27H31FN2O4. The highest BCUT2D eigenvalue weighted by molar-refractivity contribution is 5.88. The molecule has 2 atom stereocenters. The molecule has 7 heteroatoms. The number of aryl methyl sites for hydroxylation is 1. The van der Waals surface area contributed by atoms with Crippen molar-refractivity contribution in [1.29, 1.82) is 0 Å². The van der Waals surface area contributed by atoms with Crippen molar-refractivity contribution in [3.8, 4) is 5.75 Å². The summed E-state index contributed by atoms with van der Waals surface area (Å²) in [5, 5.41) is 10.6. The monoisotopic (exact) mass is 466 g/mol. The highest BCUT2D eigenvalue weighted by Crippen LogP contribution is 2.37. The number of ether oxygens (including phenoxy) is 1. The summed E-state index contributed by atoms with van der Waals surface area (Å²) < 4.78 is 21.3. The number of aromatic nitrogens is 1. The normalized spacial score (nSPS) is 16.2. The van der Waals surface area contributed by atoms with Gasteiger partial charge in [0.05, 0.1) is 7.11 Å². The van der Waals surface area contributed by atoms with E-state index in [2.05, 4.69) is 0 Å². The van der Waals surface area contributed by atoms with Gasteiger partial charge in [0.25, 0.3) is 0 Å². The average Bonchev–Trinajstić information content (AvgIpc) is 3.15. The number of amides is 1. The van der Waals surface area contributed by atoms with E-state index in [9.17, 15) is 19.1 Å². The molecule has 2 aromatic carbocycles. The Morgan fingerprint density at radius 3 is 2.76 bits per heavy atom. The van der Waals surface area contributed by atoms with Crippen LogP contribution in [-0.4, -0.2) is 46.6 Å². The molecule has 2 unspecified atom stereocenters. The van der Waals surface area contributed by atoms with E-state index in [1.54, 1.807) is 18.1 Å². The number of hydrogen-bond donors (Lipinski definition) is 1. The summed E-state index contributed by atoms with van der Waals surface area (Å²) >= 11 is 0.